The molecule has 6 N–H and O–H groups in total. The first-order valence-corrected chi connectivity index (χ1v) is 20.4. The van der Waals surface area contributed by atoms with Crippen molar-refractivity contribution < 1.29 is 73.1 Å². The zero-order valence-electron chi connectivity index (χ0n) is 36.4. The van der Waals surface area contributed by atoms with Gasteiger partial charge in [-0.15, -0.1) is 0 Å². The molecule has 3 heterocycles. The number of ether oxygens (including phenoxy) is 8. The summed E-state index contributed by atoms with van der Waals surface area (Å²) >= 11 is 0. The van der Waals surface area contributed by atoms with E-state index in [0.29, 0.717) is 18.7 Å². The highest BCUT2D eigenvalue weighted by Crippen LogP contribution is 2.41. The van der Waals surface area contributed by atoms with Gasteiger partial charge in [0.25, 0.3) is 0 Å². The molecule has 57 heavy (non-hydrogen) atoms. The number of aliphatic hydroxyl groups excluding tert-OH is 3. The van der Waals surface area contributed by atoms with E-state index in [9.17, 15) is 30.3 Å². The number of hydrogen-bond acceptors (Lipinski definition) is 17. The van der Waals surface area contributed by atoms with E-state index < -0.39 is 102 Å². The van der Waals surface area contributed by atoms with Crippen molar-refractivity contribution in [3.8, 4) is 0 Å². The van der Waals surface area contributed by atoms with Crippen LogP contribution in [-0.2, 0) is 47.5 Å². The summed E-state index contributed by atoms with van der Waals surface area (Å²) in [6, 6.07) is -0.379. The predicted molar refractivity (Wildman–Crippen MR) is 208 cm³/mol. The number of oxime groups is 1. The number of likely N-dealkylation sites (N-methyl/N-ethyl adjacent to an activating group) is 1. The van der Waals surface area contributed by atoms with Gasteiger partial charge in [-0.3, -0.25) is 4.79 Å². The SMILES string of the molecule is CCC1OC(=O)C(C)C(OC2CC(C)(OC)C(O)C(C)O2)C(C)C(OC2OC(C)CC(NC)C2O)C(C)(O)CC(C)C(=NOCOCCOC)C(C)C(O)C1(C)O. The molecule has 0 aromatic rings. The number of aliphatic hydroxyl groups is 5. The Balaban J connectivity index is 2.21. The van der Waals surface area contributed by atoms with E-state index in [2.05, 4.69) is 10.5 Å². The molecule has 3 saturated heterocycles. The lowest BCUT2D eigenvalue weighted by Crippen LogP contribution is -2.61. The molecule has 0 saturated carbocycles. The molecule has 334 valence electrons. The molecule has 3 aliphatic rings. The van der Waals surface area contributed by atoms with Gasteiger partial charge in [0.1, 0.15) is 23.9 Å². The summed E-state index contributed by atoms with van der Waals surface area (Å²) in [7, 11) is 4.77. The van der Waals surface area contributed by atoms with Crippen LogP contribution >= 0.6 is 0 Å². The van der Waals surface area contributed by atoms with Crippen molar-refractivity contribution in [2.24, 2.45) is 28.8 Å². The molecule has 3 aliphatic heterocycles. The zero-order valence-corrected chi connectivity index (χ0v) is 36.4. The lowest BCUT2D eigenvalue weighted by Gasteiger charge is -2.49. The van der Waals surface area contributed by atoms with E-state index >= 15 is 0 Å². The third-order valence-corrected chi connectivity index (χ3v) is 12.3. The zero-order chi connectivity index (χ0) is 43.0. The van der Waals surface area contributed by atoms with Crippen LogP contribution in [-0.4, -0.2) is 163 Å². The average molecular weight is 823 g/mol. The number of rotatable bonds is 13. The van der Waals surface area contributed by atoms with Crippen LogP contribution in [0.2, 0.25) is 0 Å². The number of nitrogens with one attached hydrogen (secondary N) is 1. The largest absolute Gasteiger partial charge is 0.459 e. The molecule has 0 aliphatic carbocycles. The van der Waals surface area contributed by atoms with E-state index in [0.717, 1.165) is 0 Å². The van der Waals surface area contributed by atoms with Crippen LogP contribution in [0.15, 0.2) is 5.16 Å². The van der Waals surface area contributed by atoms with Crippen LogP contribution in [0.4, 0.5) is 0 Å². The molecule has 3 rings (SSSR count). The number of carbonyl (C=O) groups is 1. The Hall–Kier alpha value is -1.58. The van der Waals surface area contributed by atoms with Gasteiger partial charge in [0, 0.05) is 44.4 Å². The second kappa shape index (κ2) is 21.3. The minimum atomic E-state index is -1.97. The molecule has 0 aromatic carbocycles. The number of nitrogens with zero attached hydrogens (tertiary/aromatic N) is 1. The van der Waals surface area contributed by atoms with E-state index in [1.165, 1.54) is 14.0 Å². The average Bonchev–Trinajstić information content (AvgIpc) is 3.15. The number of cyclic esters (lactones) is 1. The highest BCUT2D eigenvalue weighted by atomic mass is 16.7. The number of carbonyl (C=O) groups excluding carboxylic acids is 1. The first kappa shape index (κ1) is 49.8. The molecular formula is C40H74N2O15. The van der Waals surface area contributed by atoms with Crippen molar-refractivity contribution in [3.63, 3.8) is 0 Å². The quantitative estimate of drug-likeness (QED) is 0.0675. The molecule has 17 heteroatoms. The van der Waals surface area contributed by atoms with Crippen molar-refractivity contribution in [3.05, 3.63) is 0 Å². The lowest BCUT2D eigenvalue weighted by molar-refractivity contribution is -0.315. The van der Waals surface area contributed by atoms with Crippen LogP contribution < -0.4 is 5.32 Å². The van der Waals surface area contributed by atoms with E-state index in [1.807, 2.05) is 6.92 Å². The van der Waals surface area contributed by atoms with Crippen LogP contribution in [0.5, 0.6) is 0 Å². The summed E-state index contributed by atoms with van der Waals surface area (Å²) in [5.74, 6) is -4.14. The van der Waals surface area contributed by atoms with Crippen molar-refractivity contribution in [2.45, 2.75) is 179 Å². The molecule has 0 amide bonds. The van der Waals surface area contributed by atoms with Gasteiger partial charge in [-0.2, -0.15) is 0 Å². The molecule has 0 bridgehead atoms. The predicted octanol–water partition coefficient (Wildman–Crippen LogP) is 1.87. The van der Waals surface area contributed by atoms with Crippen molar-refractivity contribution >= 4 is 11.7 Å². The Labute approximate surface area is 339 Å². The molecule has 0 aromatic heterocycles. The first-order chi connectivity index (χ1) is 26.6. The fourth-order valence-electron chi connectivity index (χ4n) is 8.73. The normalized spacial score (nSPS) is 46.3. The third kappa shape index (κ3) is 12.0. The van der Waals surface area contributed by atoms with Gasteiger partial charge in [0.05, 0.1) is 66.6 Å². The van der Waals surface area contributed by atoms with E-state index in [-0.39, 0.29) is 44.8 Å². The van der Waals surface area contributed by atoms with Gasteiger partial charge in [-0.1, -0.05) is 32.9 Å². The molecule has 0 spiro atoms. The monoisotopic (exact) mass is 823 g/mol. The fourth-order valence-corrected chi connectivity index (χ4v) is 8.73. The van der Waals surface area contributed by atoms with Crippen LogP contribution in [0.25, 0.3) is 0 Å². The second-order valence-corrected chi connectivity index (χ2v) is 17.1. The maximum Gasteiger partial charge on any atom is 0.311 e. The molecule has 17 nitrogen and oxygen atoms in total. The Morgan fingerprint density at radius 1 is 0.912 bits per heavy atom. The van der Waals surface area contributed by atoms with Crippen LogP contribution in [0.1, 0.15) is 94.9 Å². The summed E-state index contributed by atoms with van der Waals surface area (Å²) in [5.41, 5.74) is -4.49. The topological polar surface area (TPSA) is 226 Å². The van der Waals surface area contributed by atoms with E-state index in [4.69, 9.17) is 42.7 Å². The fraction of sp³-hybridized carbons (Fsp3) is 0.950. The van der Waals surface area contributed by atoms with Crippen molar-refractivity contribution in [2.75, 3.05) is 41.3 Å². The van der Waals surface area contributed by atoms with Gasteiger partial charge in [0.2, 0.25) is 6.79 Å². The summed E-state index contributed by atoms with van der Waals surface area (Å²) in [4.78, 5) is 19.8. The molecule has 18 unspecified atom stereocenters. The van der Waals surface area contributed by atoms with Gasteiger partial charge < -0.3 is 73.6 Å². The summed E-state index contributed by atoms with van der Waals surface area (Å²) in [5, 5.41) is 66.4. The summed E-state index contributed by atoms with van der Waals surface area (Å²) < 4.78 is 47.9. The maximum atomic E-state index is 14.3. The van der Waals surface area contributed by atoms with Crippen molar-refractivity contribution in [1.29, 1.82) is 0 Å². The Bertz CT molecular complexity index is 1270. The number of hydrogen-bond donors (Lipinski definition) is 6. The van der Waals surface area contributed by atoms with Crippen molar-refractivity contribution in [1.82, 2.24) is 5.32 Å². The second-order valence-electron chi connectivity index (χ2n) is 17.1. The van der Waals surface area contributed by atoms with Crippen LogP contribution in [0.3, 0.4) is 0 Å². The molecular weight excluding hydrogens is 748 g/mol. The van der Waals surface area contributed by atoms with Gasteiger partial charge in [0.15, 0.2) is 12.6 Å². The highest BCUT2D eigenvalue weighted by Gasteiger charge is 2.53. The Morgan fingerprint density at radius 2 is 1.58 bits per heavy atom. The summed E-state index contributed by atoms with van der Waals surface area (Å²) in [6.07, 6.45) is -9.54. The van der Waals surface area contributed by atoms with Gasteiger partial charge in [-0.25, -0.2) is 0 Å². The highest BCUT2D eigenvalue weighted by molar-refractivity contribution is 5.88. The number of esters is 1. The van der Waals surface area contributed by atoms with E-state index in [1.54, 1.807) is 69.5 Å². The van der Waals surface area contributed by atoms with Gasteiger partial charge >= 0.3 is 5.97 Å². The van der Waals surface area contributed by atoms with Crippen LogP contribution in [0, 0.1) is 23.7 Å². The lowest BCUT2D eigenvalue weighted by atomic mass is 9.73. The molecule has 18 atom stereocenters. The standard InChI is InChI=1S/C40H74N2O15/c1-14-28-40(10,48)33(44)23(4)30(42-52-20-51-16-15-49-12)21(2)18-38(8,47)35(57-37-31(43)27(41-11)17-22(3)53-37)24(5)32(25(6)36(46)55-28)56-29-19-39(9,50-13)34(45)26(7)54-29/h21-29,31-35,37,41,43-45,47-48H,14-20H2,1-13H3. The maximum absolute atomic E-state index is 14.3. The molecule has 0 radical (unpaired) electrons. The number of methoxy groups -OCH3 is 2. The van der Waals surface area contributed by atoms with Gasteiger partial charge in [-0.05, 0) is 67.9 Å². The third-order valence-electron chi connectivity index (χ3n) is 12.3. The molecule has 3 fully saturated rings. The first-order valence-electron chi connectivity index (χ1n) is 20.4. The Kier molecular flexibility index (Phi) is 18.6. The smallest absolute Gasteiger partial charge is 0.311 e. The minimum absolute atomic E-state index is 0.0323. The summed E-state index contributed by atoms with van der Waals surface area (Å²) in [6.45, 7) is 17.2. The Morgan fingerprint density at radius 3 is 2.18 bits per heavy atom. The minimum Gasteiger partial charge on any atom is -0.459 e.